The zero-order valence-electron chi connectivity index (χ0n) is 16.3. The summed E-state index contributed by atoms with van der Waals surface area (Å²) in [6.45, 7) is 3.54. The maximum absolute atomic E-state index is 12.4. The van der Waals surface area contributed by atoms with Crippen molar-refractivity contribution < 1.29 is 9.59 Å². The number of nitrogens with one attached hydrogen (secondary N) is 2. The van der Waals surface area contributed by atoms with E-state index in [4.69, 9.17) is 11.6 Å². The molecule has 3 heterocycles. The van der Waals surface area contributed by atoms with E-state index in [-0.39, 0.29) is 18.4 Å². The number of anilines is 2. The Balaban J connectivity index is 1.35. The summed E-state index contributed by atoms with van der Waals surface area (Å²) >= 11 is 7.56. The van der Waals surface area contributed by atoms with Crippen LogP contribution in [0.1, 0.15) is 26.6 Å². The van der Waals surface area contributed by atoms with Crippen molar-refractivity contribution in [3.05, 3.63) is 69.4 Å². The number of rotatable bonds is 5. The van der Waals surface area contributed by atoms with E-state index in [2.05, 4.69) is 25.5 Å². The van der Waals surface area contributed by atoms with Gasteiger partial charge in [-0.1, -0.05) is 23.7 Å². The molecule has 3 aromatic rings. The maximum atomic E-state index is 12.4. The standard InChI is InChI=1S/C21H20ClN5O2S/c1-13-5-6-14(10-15(13)22)24-19(28)12-27-9-7-16-18(11-27)30-21(25-16)26-20(29)17-4-2-3-8-23-17/h2-6,8,10H,7,9,11-12H2,1H3,(H,24,28)(H,25,26,29). The van der Waals surface area contributed by atoms with Crippen LogP contribution in [-0.2, 0) is 17.8 Å². The third kappa shape index (κ3) is 4.84. The number of carbonyl (C=O) groups is 2. The van der Waals surface area contributed by atoms with Crippen LogP contribution in [0.4, 0.5) is 10.8 Å². The molecule has 0 fully saturated rings. The van der Waals surface area contributed by atoms with Crippen molar-refractivity contribution in [3.63, 3.8) is 0 Å². The first kappa shape index (κ1) is 20.5. The summed E-state index contributed by atoms with van der Waals surface area (Å²) in [5.74, 6) is -0.374. The van der Waals surface area contributed by atoms with Gasteiger partial charge in [0, 0.05) is 41.3 Å². The van der Waals surface area contributed by atoms with Crippen LogP contribution < -0.4 is 10.6 Å². The van der Waals surface area contributed by atoms with Gasteiger partial charge < -0.3 is 5.32 Å². The molecule has 4 rings (SSSR count). The minimum absolute atomic E-state index is 0.0911. The molecule has 2 aromatic heterocycles. The third-order valence-corrected chi connectivity index (χ3v) is 6.16. The van der Waals surface area contributed by atoms with E-state index in [0.29, 0.717) is 28.1 Å². The SMILES string of the molecule is Cc1ccc(NC(=O)CN2CCc3nc(NC(=O)c4ccccn4)sc3C2)cc1Cl. The molecule has 0 saturated heterocycles. The molecule has 0 saturated carbocycles. The lowest BCUT2D eigenvalue weighted by atomic mass is 10.2. The van der Waals surface area contributed by atoms with Crippen molar-refractivity contribution in [2.45, 2.75) is 19.9 Å². The zero-order chi connectivity index (χ0) is 21.1. The number of benzene rings is 1. The molecule has 1 aromatic carbocycles. The molecule has 154 valence electrons. The number of aromatic nitrogens is 2. The highest BCUT2D eigenvalue weighted by molar-refractivity contribution is 7.15. The van der Waals surface area contributed by atoms with Crippen LogP contribution in [0.15, 0.2) is 42.6 Å². The molecule has 7 nitrogen and oxygen atoms in total. The summed E-state index contributed by atoms with van der Waals surface area (Å²) in [6.07, 6.45) is 2.31. The van der Waals surface area contributed by atoms with E-state index in [9.17, 15) is 9.59 Å². The van der Waals surface area contributed by atoms with Gasteiger partial charge >= 0.3 is 0 Å². The molecule has 2 N–H and O–H groups in total. The lowest BCUT2D eigenvalue weighted by Gasteiger charge is -2.25. The average Bonchev–Trinajstić information content (AvgIpc) is 3.13. The van der Waals surface area contributed by atoms with Crippen molar-refractivity contribution in [1.82, 2.24) is 14.9 Å². The van der Waals surface area contributed by atoms with E-state index in [0.717, 1.165) is 29.1 Å². The van der Waals surface area contributed by atoms with E-state index in [1.54, 1.807) is 30.5 Å². The molecule has 0 spiro atoms. The first-order valence-electron chi connectivity index (χ1n) is 9.47. The van der Waals surface area contributed by atoms with Crippen molar-refractivity contribution >= 4 is 45.6 Å². The van der Waals surface area contributed by atoms with Gasteiger partial charge in [-0.2, -0.15) is 0 Å². The molecule has 0 radical (unpaired) electrons. The largest absolute Gasteiger partial charge is 0.325 e. The number of hydrogen-bond acceptors (Lipinski definition) is 6. The van der Waals surface area contributed by atoms with E-state index in [1.165, 1.54) is 11.3 Å². The zero-order valence-corrected chi connectivity index (χ0v) is 17.9. The molecule has 0 aliphatic carbocycles. The van der Waals surface area contributed by atoms with Gasteiger partial charge in [0.2, 0.25) is 5.91 Å². The fourth-order valence-corrected chi connectivity index (χ4v) is 4.40. The Hall–Kier alpha value is -2.81. The summed E-state index contributed by atoms with van der Waals surface area (Å²) in [5.41, 5.74) is 2.97. The summed E-state index contributed by atoms with van der Waals surface area (Å²) in [4.78, 5) is 36.4. The summed E-state index contributed by atoms with van der Waals surface area (Å²) in [6, 6.07) is 10.7. The van der Waals surface area contributed by atoms with Crippen LogP contribution in [-0.4, -0.2) is 39.8 Å². The Morgan fingerprint density at radius 2 is 2.10 bits per heavy atom. The second-order valence-electron chi connectivity index (χ2n) is 7.03. The highest BCUT2D eigenvalue weighted by atomic mass is 35.5. The van der Waals surface area contributed by atoms with Gasteiger partial charge in [-0.3, -0.25) is 24.8 Å². The van der Waals surface area contributed by atoms with Gasteiger partial charge in [-0.25, -0.2) is 4.98 Å². The van der Waals surface area contributed by atoms with Crippen LogP contribution in [0.5, 0.6) is 0 Å². The summed E-state index contributed by atoms with van der Waals surface area (Å²) < 4.78 is 0. The number of nitrogens with zero attached hydrogens (tertiary/aromatic N) is 3. The van der Waals surface area contributed by atoms with Crippen LogP contribution in [0.2, 0.25) is 5.02 Å². The third-order valence-electron chi connectivity index (χ3n) is 4.75. The Kier molecular flexibility index (Phi) is 6.08. The van der Waals surface area contributed by atoms with Gasteiger partial charge in [-0.05, 0) is 36.8 Å². The van der Waals surface area contributed by atoms with Crippen molar-refractivity contribution in [2.24, 2.45) is 0 Å². The number of fused-ring (bicyclic) bond motifs is 1. The molecule has 1 aliphatic rings. The van der Waals surface area contributed by atoms with Crippen LogP contribution in [0, 0.1) is 6.92 Å². The number of halogens is 1. The predicted molar refractivity (Wildman–Crippen MR) is 118 cm³/mol. The Morgan fingerprint density at radius 1 is 1.23 bits per heavy atom. The topological polar surface area (TPSA) is 87.2 Å². The number of amides is 2. The lowest BCUT2D eigenvalue weighted by molar-refractivity contribution is -0.117. The average molecular weight is 442 g/mol. The summed E-state index contributed by atoms with van der Waals surface area (Å²) in [7, 11) is 0. The monoisotopic (exact) mass is 441 g/mol. The number of thiazole rings is 1. The van der Waals surface area contributed by atoms with Gasteiger partial charge in [0.05, 0.1) is 12.2 Å². The highest BCUT2D eigenvalue weighted by Gasteiger charge is 2.23. The molecule has 0 unspecified atom stereocenters. The Morgan fingerprint density at radius 3 is 2.87 bits per heavy atom. The maximum Gasteiger partial charge on any atom is 0.276 e. The Bertz CT molecular complexity index is 1090. The molecule has 30 heavy (non-hydrogen) atoms. The quantitative estimate of drug-likeness (QED) is 0.629. The predicted octanol–water partition coefficient (Wildman–Crippen LogP) is 3.75. The second-order valence-corrected chi connectivity index (χ2v) is 8.52. The van der Waals surface area contributed by atoms with Crippen LogP contribution in [0.3, 0.4) is 0 Å². The molecule has 2 amide bonds. The van der Waals surface area contributed by atoms with Crippen LogP contribution >= 0.6 is 22.9 Å². The number of carbonyl (C=O) groups excluding carboxylic acids is 2. The van der Waals surface area contributed by atoms with Crippen molar-refractivity contribution in [3.8, 4) is 0 Å². The van der Waals surface area contributed by atoms with Crippen molar-refractivity contribution in [1.29, 1.82) is 0 Å². The van der Waals surface area contributed by atoms with E-state index >= 15 is 0 Å². The van der Waals surface area contributed by atoms with E-state index < -0.39 is 0 Å². The van der Waals surface area contributed by atoms with Gasteiger partial charge in [0.15, 0.2) is 5.13 Å². The Labute approximate surface area is 183 Å². The molecular formula is C21H20ClN5O2S. The molecule has 1 aliphatic heterocycles. The highest BCUT2D eigenvalue weighted by Crippen LogP contribution is 2.28. The fourth-order valence-electron chi connectivity index (χ4n) is 3.17. The van der Waals surface area contributed by atoms with Gasteiger partial charge in [-0.15, -0.1) is 11.3 Å². The fraction of sp³-hybridized carbons (Fsp3) is 0.238. The smallest absolute Gasteiger partial charge is 0.276 e. The van der Waals surface area contributed by atoms with E-state index in [1.807, 2.05) is 19.1 Å². The normalized spacial score (nSPS) is 13.5. The van der Waals surface area contributed by atoms with Gasteiger partial charge in [0.25, 0.3) is 5.91 Å². The number of hydrogen-bond donors (Lipinski definition) is 2. The lowest BCUT2D eigenvalue weighted by Crippen LogP contribution is -2.36. The van der Waals surface area contributed by atoms with Crippen molar-refractivity contribution in [2.75, 3.05) is 23.7 Å². The number of pyridine rings is 1. The van der Waals surface area contributed by atoms with Gasteiger partial charge in [0.1, 0.15) is 5.69 Å². The van der Waals surface area contributed by atoms with Crippen LogP contribution in [0.25, 0.3) is 0 Å². The molecule has 9 heteroatoms. The second kappa shape index (κ2) is 8.91. The molecule has 0 bridgehead atoms. The minimum Gasteiger partial charge on any atom is -0.325 e. The summed E-state index contributed by atoms with van der Waals surface area (Å²) in [5, 5.41) is 6.88. The first-order valence-corrected chi connectivity index (χ1v) is 10.7. The molecule has 0 atom stereocenters. The first-order chi connectivity index (χ1) is 14.5. The minimum atomic E-state index is -0.283. The molecular weight excluding hydrogens is 422 g/mol. The number of aryl methyl sites for hydroxylation is 1.